The maximum absolute atomic E-state index is 12.2. The first-order valence-corrected chi connectivity index (χ1v) is 6.71. The predicted molar refractivity (Wildman–Crippen MR) is 79.6 cm³/mol. The number of amides is 1. The Hall–Kier alpha value is -1.61. The Bertz CT molecular complexity index is 623. The van der Waals surface area contributed by atoms with Gasteiger partial charge in [-0.15, -0.1) is 11.6 Å². The van der Waals surface area contributed by atoms with Gasteiger partial charge in [-0.25, -0.2) is 0 Å². The molecule has 3 nitrogen and oxygen atoms in total. The highest BCUT2D eigenvalue weighted by Crippen LogP contribution is 2.27. The molecule has 4 heteroatoms. The molecule has 0 radical (unpaired) electrons. The van der Waals surface area contributed by atoms with Gasteiger partial charge in [-0.3, -0.25) is 9.78 Å². The smallest absolute Gasteiger partial charge is 0.231 e. The zero-order valence-electron chi connectivity index (χ0n) is 11.3. The number of nitrogens with zero attached hydrogens (tertiary/aromatic N) is 1. The average molecular weight is 277 g/mol. The molecule has 0 bridgehead atoms. The lowest BCUT2D eigenvalue weighted by molar-refractivity contribution is -0.122. The number of aromatic nitrogens is 1. The lowest BCUT2D eigenvalue weighted by Crippen LogP contribution is -2.32. The number of carbonyl (C=O) groups excluding carboxylic acids is 1. The fourth-order valence-electron chi connectivity index (χ4n) is 1.78. The van der Waals surface area contributed by atoms with Gasteiger partial charge in [-0.05, 0) is 44.5 Å². The van der Waals surface area contributed by atoms with Gasteiger partial charge < -0.3 is 5.32 Å². The summed E-state index contributed by atoms with van der Waals surface area (Å²) in [6.45, 7) is 5.65. The van der Waals surface area contributed by atoms with Crippen molar-refractivity contribution in [3.63, 3.8) is 0 Å². The monoisotopic (exact) mass is 276 g/mol. The number of alkyl halides is 1. The van der Waals surface area contributed by atoms with Crippen LogP contribution in [0.2, 0.25) is 0 Å². The summed E-state index contributed by atoms with van der Waals surface area (Å²) < 4.78 is 0. The molecule has 0 atom stereocenters. The van der Waals surface area contributed by atoms with Crippen LogP contribution in [0.15, 0.2) is 30.5 Å². The third-order valence-electron chi connectivity index (χ3n) is 3.17. The molecule has 2 rings (SSSR count). The van der Waals surface area contributed by atoms with Crippen molar-refractivity contribution < 1.29 is 4.79 Å². The van der Waals surface area contributed by atoms with Crippen LogP contribution < -0.4 is 5.32 Å². The minimum Gasteiger partial charge on any atom is -0.325 e. The summed E-state index contributed by atoms with van der Waals surface area (Å²) in [6.07, 6.45) is 1.75. The second-order valence-corrected chi connectivity index (χ2v) is 5.57. The van der Waals surface area contributed by atoms with Crippen LogP contribution in [0.5, 0.6) is 0 Å². The van der Waals surface area contributed by atoms with Crippen LogP contribution in [0.25, 0.3) is 10.9 Å². The molecule has 0 unspecified atom stereocenters. The zero-order chi connectivity index (χ0) is 14.0. The van der Waals surface area contributed by atoms with Crippen molar-refractivity contribution in [1.82, 2.24) is 4.98 Å². The van der Waals surface area contributed by atoms with Crippen LogP contribution >= 0.6 is 11.6 Å². The molecule has 2 aromatic rings. The molecule has 1 amide bonds. The molecule has 1 N–H and O–H groups in total. The first-order valence-electron chi connectivity index (χ1n) is 6.17. The second-order valence-electron chi connectivity index (χ2n) is 5.30. The van der Waals surface area contributed by atoms with E-state index in [4.69, 9.17) is 11.6 Å². The summed E-state index contributed by atoms with van der Waals surface area (Å²) in [5.74, 6) is 0.192. The van der Waals surface area contributed by atoms with Crippen LogP contribution in [-0.2, 0) is 4.79 Å². The molecule has 1 heterocycles. The van der Waals surface area contributed by atoms with E-state index < -0.39 is 5.41 Å². The molecule has 100 valence electrons. The van der Waals surface area contributed by atoms with Crippen molar-refractivity contribution in [3.8, 4) is 0 Å². The molecule has 0 aliphatic rings. The van der Waals surface area contributed by atoms with Crippen molar-refractivity contribution in [2.24, 2.45) is 5.41 Å². The zero-order valence-corrected chi connectivity index (χ0v) is 12.1. The molecule has 0 aliphatic heterocycles. The standard InChI is InChI=1S/C15H17ClN2O/c1-10-6-7-12(11-5-4-8-17-13(10)11)18-14(19)15(2,3)9-16/h4-8H,9H2,1-3H3,(H,18,19). The second kappa shape index (κ2) is 5.17. The van der Waals surface area contributed by atoms with Gasteiger partial charge >= 0.3 is 0 Å². The summed E-state index contributed by atoms with van der Waals surface area (Å²) in [7, 11) is 0. The van der Waals surface area contributed by atoms with Crippen molar-refractivity contribution >= 4 is 34.1 Å². The lowest BCUT2D eigenvalue weighted by atomic mass is 9.95. The number of anilines is 1. The number of rotatable bonds is 3. The van der Waals surface area contributed by atoms with Crippen LogP contribution in [0.1, 0.15) is 19.4 Å². The van der Waals surface area contributed by atoms with E-state index in [1.165, 1.54) is 0 Å². The van der Waals surface area contributed by atoms with E-state index in [1.807, 2.05) is 45.0 Å². The van der Waals surface area contributed by atoms with E-state index in [1.54, 1.807) is 6.20 Å². The van der Waals surface area contributed by atoms with Gasteiger partial charge in [0, 0.05) is 17.5 Å². The van der Waals surface area contributed by atoms with Crippen LogP contribution in [0, 0.1) is 12.3 Å². The van der Waals surface area contributed by atoms with E-state index in [0.717, 1.165) is 22.2 Å². The molecule has 19 heavy (non-hydrogen) atoms. The van der Waals surface area contributed by atoms with Gasteiger partial charge in [-0.1, -0.05) is 6.07 Å². The maximum atomic E-state index is 12.2. The SMILES string of the molecule is Cc1ccc(NC(=O)C(C)(C)CCl)c2cccnc12. The highest BCUT2D eigenvalue weighted by atomic mass is 35.5. The molecule has 0 aliphatic carbocycles. The van der Waals surface area contributed by atoms with Crippen LogP contribution in [-0.4, -0.2) is 16.8 Å². The summed E-state index contributed by atoms with van der Waals surface area (Å²) >= 11 is 5.82. The molecule has 1 aromatic heterocycles. The first-order chi connectivity index (χ1) is 8.95. The molecular weight excluding hydrogens is 260 g/mol. The fraction of sp³-hybridized carbons (Fsp3) is 0.333. The molecule has 0 saturated carbocycles. The summed E-state index contributed by atoms with van der Waals surface area (Å²) in [5, 5.41) is 3.89. The molecular formula is C15H17ClN2O. The normalized spacial score (nSPS) is 11.6. The van der Waals surface area contributed by atoms with Gasteiger partial charge in [0.2, 0.25) is 5.91 Å². The third-order valence-corrected chi connectivity index (χ3v) is 3.84. The topological polar surface area (TPSA) is 42.0 Å². The number of halogens is 1. The minimum atomic E-state index is -0.596. The van der Waals surface area contributed by atoms with E-state index in [-0.39, 0.29) is 11.8 Å². The predicted octanol–water partition coefficient (Wildman–Crippen LogP) is 3.75. The quantitative estimate of drug-likeness (QED) is 0.868. The van der Waals surface area contributed by atoms with E-state index in [0.29, 0.717) is 0 Å². The largest absolute Gasteiger partial charge is 0.325 e. The number of benzene rings is 1. The van der Waals surface area contributed by atoms with E-state index in [9.17, 15) is 4.79 Å². The van der Waals surface area contributed by atoms with Gasteiger partial charge in [0.25, 0.3) is 0 Å². The number of hydrogen-bond donors (Lipinski definition) is 1. The average Bonchev–Trinajstić information content (AvgIpc) is 2.42. The van der Waals surface area contributed by atoms with Crippen molar-refractivity contribution in [3.05, 3.63) is 36.0 Å². The molecule has 0 spiro atoms. The van der Waals surface area contributed by atoms with E-state index in [2.05, 4.69) is 10.3 Å². The van der Waals surface area contributed by atoms with Gasteiger partial charge in [0.1, 0.15) is 0 Å². The first kappa shape index (κ1) is 13.8. The number of pyridine rings is 1. The Morgan fingerprint density at radius 2 is 2.11 bits per heavy atom. The van der Waals surface area contributed by atoms with Crippen LogP contribution in [0.4, 0.5) is 5.69 Å². The summed E-state index contributed by atoms with van der Waals surface area (Å²) in [6, 6.07) is 7.68. The van der Waals surface area contributed by atoms with Gasteiger partial charge in [-0.2, -0.15) is 0 Å². The lowest BCUT2D eigenvalue weighted by Gasteiger charge is -2.21. The maximum Gasteiger partial charge on any atom is 0.231 e. The minimum absolute atomic E-state index is 0.0866. The Morgan fingerprint density at radius 1 is 1.37 bits per heavy atom. The summed E-state index contributed by atoms with van der Waals surface area (Å²) in [4.78, 5) is 16.5. The number of aryl methyl sites for hydroxylation is 1. The number of nitrogens with one attached hydrogen (secondary N) is 1. The van der Waals surface area contributed by atoms with Crippen molar-refractivity contribution in [1.29, 1.82) is 0 Å². The molecule has 1 aromatic carbocycles. The highest BCUT2D eigenvalue weighted by Gasteiger charge is 2.26. The molecule has 0 fully saturated rings. The Morgan fingerprint density at radius 3 is 2.79 bits per heavy atom. The molecule has 0 saturated heterocycles. The van der Waals surface area contributed by atoms with Crippen molar-refractivity contribution in [2.45, 2.75) is 20.8 Å². The van der Waals surface area contributed by atoms with Crippen LogP contribution in [0.3, 0.4) is 0 Å². The van der Waals surface area contributed by atoms with E-state index >= 15 is 0 Å². The Labute approximate surface area is 118 Å². The number of carbonyl (C=O) groups is 1. The van der Waals surface area contributed by atoms with Gasteiger partial charge in [0.15, 0.2) is 0 Å². The highest BCUT2D eigenvalue weighted by molar-refractivity contribution is 6.20. The number of fused-ring (bicyclic) bond motifs is 1. The fourth-order valence-corrected chi connectivity index (χ4v) is 1.90. The Balaban J connectivity index is 2.42. The van der Waals surface area contributed by atoms with Gasteiger partial charge in [0.05, 0.1) is 16.6 Å². The Kier molecular flexibility index (Phi) is 3.76. The third kappa shape index (κ3) is 2.71. The summed E-state index contributed by atoms with van der Waals surface area (Å²) in [5.41, 5.74) is 2.17. The number of hydrogen-bond acceptors (Lipinski definition) is 2. The van der Waals surface area contributed by atoms with Crippen molar-refractivity contribution in [2.75, 3.05) is 11.2 Å².